The molecule has 15 heavy (non-hydrogen) atoms. The Labute approximate surface area is 87.4 Å². The zero-order valence-corrected chi connectivity index (χ0v) is 8.66. The second-order valence-corrected chi connectivity index (χ2v) is 3.51. The third-order valence-electron chi connectivity index (χ3n) is 1.57. The van der Waals surface area contributed by atoms with Gasteiger partial charge in [0.2, 0.25) is 5.95 Å². The minimum atomic E-state index is -0.616. The van der Waals surface area contributed by atoms with Crippen LogP contribution in [0.15, 0.2) is 18.3 Å². The summed E-state index contributed by atoms with van der Waals surface area (Å²) in [7, 11) is 0. The Morgan fingerprint density at radius 1 is 1.60 bits per heavy atom. The van der Waals surface area contributed by atoms with E-state index in [1.165, 1.54) is 6.07 Å². The van der Waals surface area contributed by atoms with Gasteiger partial charge in [-0.1, -0.05) is 13.8 Å². The van der Waals surface area contributed by atoms with Crippen LogP contribution >= 0.6 is 0 Å². The van der Waals surface area contributed by atoms with E-state index in [-0.39, 0.29) is 5.56 Å². The lowest BCUT2D eigenvalue weighted by Gasteiger charge is -2.07. The van der Waals surface area contributed by atoms with Crippen molar-refractivity contribution in [1.82, 2.24) is 10.5 Å². The number of pyridine rings is 1. The SMILES string of the molecule is CC(C)CONC(=O)c1ccc(F)nc1. The molecule has 0 unspecified atom stereocenters. The van der Waals surface area contributed by atoms with Crippen LogP contribution < -0.4 is 5.48 Å². The van der Waals surface area contributed by atoms with Crippen LogP contribution in [0.2, 0.25) is 0 Å². The summed E-state index contributed by atoms with van der Waals surface area (Å²) in [6.07, 6.45) is 1.16. The average molecular weight is 212 g/mol. The summed E-state index contributed by atoms with van der Waals surface area (Å²) in [6.45, 7) is 4.36. The number of carbonyl (C=O) groups is 1. The second-order valence-electron chi connectivity index (χ2n) is 3.51. The molecule has 0 saturated carbocycles. The molecule has 1 rings (SSSR count). The summed E-state index contributed by atoms with van der Waals surface area (Å²) in [5.41, 5.74) is 2.51. The van der Waals surface area contributed by atoms with Gasteiger partial charge in [-0.2, -0.15) is 4.39 Å². The molecule has 1 heterocycles. The van der Waals surface area contributed by atoms with Gasteiger partial charge in [-0.15, -0.1) is 0 Å². The Morgan fingerprint density at radius 3 is 2.87 bits per heavy atom. The van der Waals surface area contributed by atoms with Crippen molar-refractivity contribution in [3.63, 3.8) is 0 Å². The number of hydroxylamine groups is 1. The van der Waals surface area contributed by atoms with E-state index in [2.05, 4.69) is 10.5 Å². The number of amides is 1. The molecule has 0 aliphatic heterocycles. The highest BCUT2D eigenvalue weighted by molar-refractivity contribution is 5.92. The molecule has 5 heteroatoms. The Morgan fingerprint density at radius 2 is 2.33 bits per heavy atom. The van der Waals surface area contributed by atoms with Crippen LogP contribution in [0.4, 0.5) is 4.39 Å². The lowest BCUT2D eigenvalue weighted by atomic mass is 10.2. The van der Waals surface area contributed by atoms with Crippen LogP contribution in [0.1, 0.15) is 24.2 Å². The molecular formula is C10H13FN2O2. The standard InChI is InChI=1S/C10H13FN2O2/c1-7(2)6-15-13-10(14)8-3-4-9(11)12-5-8/h3-5,7H,6H2,1-2H3,(H,13,14). The van der Waals surface area contributed by atoms with Crippen LogP contribution in [0.25, 0.3) is 0 Å². The molecule has 0 atom stereocenters. The van der Waals surface area contributed by atoms with E-state index in [4.69, 9.17) is 4.84 Å². The summed E-state index contributed by atoms with van der Waals surface area (Å²) in [5, 5.41) is 0. The van der Waals surface area contributed by atoms with E-state index in [0.29, 0.717) is 12.5 Å². The minimum Gasteiger partial charge on any atom is -0.273 e. The number of rotatable bonds is 4. The Bertz CT molecular complexity index is 325. The van der Waals surface area contributed by atoms with Gasteiger partial charge in [0, 0.05) is 6.20 Å². The maximum Gasteiger partial charge on any atom is 0.276 e. The molecule has 1 aromatic heterocycles. The lowest BCUT2D eigenvalue weighted by molar-refractivity contribution is 0.0208. The molecular weight excluding hydrogens is 199 g/mol. The van der Waals surface area contributed by atoms with E-state index in [0.717, 1.165) is 12.3 Å². The van der Waals surface area contributed by atoms with Crippen LogP contribution in [0.3, 0.4) is 0 Å². The molecule has 0 spiro atoms. The van der Waals surface area contributed by atoms with E-state index in [9.17, 15) is 9.18 Å². The van der Waals surface area contributed by atoms with Crippen molar-refractivity contribution in [3.8, 4) is 0 Å². The van der Waals surface area contributed by atoms with Gasteiger partial charge in [-0.05, 0) is 18.1 Å². The van der Waals surface area contributed by atoms with Gasteiger partial charge in [0.15, 0.2) is 0 Å². The number of carbonyl (C=O) groups excluding carboxylic acids is 1. The molecule has 4 nitrogen and oxygen atoms in total. The van der Waals surface area contributed by atoms with Crippen molar-refractivity contribution in [2.45, 2.75) is 13.8 Å². The fourth-order valence-corrected chi connectivity index (χ4v) is 0.843. The van der Waals surface area contributed by atoms with Crippen LogP contribution in [-0.2, 0) is 4.84 Å². The first-order valence-electron chi connectivity index (χ1n) is 4.63. The van der Waals surface area contributed by atoms with Gasteiger partial charge < -0.3 is 0 Å². The van der Waals surface area contributed by atoms with Gasteiger partial charge in [0.25, 0.3) is 5.91 Å². The van der Waals surface area contributed by atoms with Crippen LogP contribution in [-0.4, -0.2) is 17.5 Å². The zero-order chi connectivity index (χ0) is 11.3. The molecule has 82 valence electrons. The predicted octanol–water partition coefficient (Wildman–Crippen LogP) is 1.54. The summed E-state index contributed by atoms with van der Waals surface area (Å²) >= 11 is 0. The fourth-order valence-electron chi connectivity index (χ4n) is 0.843. The largest absolute Gasteiger partial charge is 0.276 e. The number of halogens is 1. The molecule has 0 aliphatic carbocycles. The predicted molar refractivity (Wildman–Crippen MR) is 52.5 cm³/mol. The maximum atomic E-state index is 12.4. The molecule has 1 aromatic rings. The van der Waals surface area contributed by atoms with Crippen molar-refractivity contribution >= 4 is 5.91 Å². The van der Waals surface area contributed by atoms with Crippen molar-refractivity contribution in [2.24, 2.45) is 5.92 Å². The number of hydrogen-bond acceptors (Lipinski definition) is 3. The Kier molecular flexibility index (Phi) is 4.17. The molecule has 1 amide bonds. The lowest BCUT2D eigenvalue weighted by Crippen LogP contribution is -2.25. The number of nitrogens with one attached hydrogen (secondary N) is 1. The molecule has 1 N–H and O–H groups in total. The highest BCUT2D eigenvalue weighted by Crippen LogP contribution is 1.99. The summed E-state index contributed by atoms with van der Waals surface area (Å²) in [4.78, 5) is 19.6. The minimum absolute atomic E-state index is 0.264. The molecule has 0 saturated heterocycles. The van der Waals surface area contributed by atoms with Gasteiger partial charge in [-0.3, -0.25) is 9.63 Å². The highest BCUT2D eigenvalue weighted by atomic mass is 19.1. The Balaban J connectivity index is 2.43. The van der Waals surface area contributed by atoms with Gasteiger partial charge in [0.1, 0.15) is 0 Å². The summed E-state index contributed by atoms with van der Waals surface area (Å²) in [6, 6.07) is 2.47. The van der Waals surface area contributed by atoms with Crippen molar-refractivity contribution in [3.05, 3.63) is 29.8 Å². The van der Waals surface area contributed by atoms with Crippen LogP contribution in [0, 0.1) is 11.9 Å². The summed E-state index contributed by atoms with van der Waals surface area (Å²) in [5.74, 6) is -0.713. The quantitative estimate of drug-likeness (QED) is 0.608. The summed E-state index contributed by atoms with van der Waals surface area (Å²) < 4.78 is 12.4. The molecule has 0 radical (unpaired) electrons. The molecule has 0 bridgehead atoms. The topological polar surface area (TPSA) is 51.2 Å². The maximum absolute atomic E-state index is 12.4. The first kappa shape index (κ1) is 11.6. The van der Waals surface area contributed by atoms with E-state index in [1.807, 2.05) is 13.8 Å². The van der Waals surface area contributed by atoms with Crippen molar-refractivity contribution < 1.29 is 14.0 Å². The highest BCUT2D eigenvalue weighted by Gasteiger charge is 2.06. The fraction of sp³-hybridized carbons (Fsp3) is 0.400. The average Bonchev–Trinajstić information content (AvgIpc) is 2.18. The van der Waals surface area contributed by atoms with Crippen molar-refractivity contribution in [2.75, 3.05) is 6.61 Å². The Hall–Kier alpha value is -1.49. The van der Waals surface area contributed by atoms with E-state index < -0.39 is 11.9 Å². The zero-order valence-electron chi connectivity index (χ0n) is 8.66. The third-order valence-corrected chi connectivity index (χ3v) is 1.57. The first-order chi connectivity index (χ1) is 7.09. The van der Waals surface area contributed by atoms with Gasteiger partial charge in [-0.25, -0.2) is 10.5 Å². The molecule has 0 fully saturated rings. The number of hydrogen-bond donors (Lipinski definition) is 1. The normalized spacial score (nSPS) is 10.4. The third kappa shape index (κ3) is 4.03. The van der Waals surface area contributed by atoms with E-state index >= 15 is 0 Å². The van der Waals surface area contributed by atoms with Gasteiger partial charge in [0.05, 0.1) is 12.2 Å². The number of nitrogens with zero attached hydrogens (tertiary/aromatic N) is 1. The van der Waals surface area contributed by atoms with Gasteiger partial charge >= 0.3 is 0 Å². The van der Waals surface area contributed by atoms with E-state index in [1.54, 1.807) is 0 Å². The second kappa shape index (κ2) is 5.41. The monoisotopic (exact) mass is 212 g/mol. The molecule has 0 aromatic carbocycles. The van der Waals surface area contributed by atoms with Crippen LogP contribution in [0.5, 0.6) is 0 Å². The first-order valence-corrected chi connectivity index (χ1v) is 4.63. The number of aromatic nitrogens is 1. The smallest absolute Gasteiger partial charge is 0.273 e. The molecule has 0 aliphatic rings. The van der Waals surface area contributed by atoms with Crippen molar-refractivity contribution in [1.29, 1.82) is 0 Å².